The Morgan fingerprint density at radius 1 is 1.43 bits per heavy atom. The number of rotatable bonds is 5. The van der Waals surface area contributed by atoms with Crippen LogP contribution in [0.25, 0.3) is 11.8 Å². The number of aromatic nitrogens is 4. The van der Waals surface area contributed by atoms with E-state index in [0.29, 0.717) is 5.82 Å². The van der Waals surface area contributed by atoms with E-state index in [4.69, 9.17) is 16.3 Å². The molecule has 0 aliphatic rings. The minimum atomic E-state index is -0.587. The van der Waals surface area contributed by atoms with Gasteiger partial charge in [0.05, 0.1) is 0 Å². The number of carbonyl (C=O) groups is 1. The van der Waals surface area contributed by atoms with Crippen LogP contribution < -0.4 is 0 Å². The van der Waals surface area contributed by atoms with Gasteiger partial charge in [-0.15, -0.1) is 5.10 Å². The maximum Gasteiger partial charge on any atom is 0.357 e. The topological polar surface area (TPSA) is 69.9 Å². The van der Waals surface area contributed by atoms with Gasteiger partial charge in [-0.05, 0) is 29.0 Å². The minimum absolute atomic E-state index is 0.0757. The third-order valence-electron chi connectivity index (χ3n) is 2.53. The second-order valence-corrected chi connectivity index (χ2v) is 4.71. The Morgan fingerprint density at radius 2 is 2.14 bits per heavy atom. The fourth-order valence-electron chi connectivity index (χ4n) is 1.59. The molecule has 7 heteroatoms. The molecular formula is C14H13ClN4O2. The van der Waals surface area contributed by atoms with E-state index in [1.807, 2.05) is 30.3 Å². The molecule has 0 saturated carbocycles. The van der Waals surface area contributed by atoms with E-state index >= 15 is 0 Å². The maximum absolute atomic E-state index is 12.2. The molecule has 0 atom stereocenters. The molecule has 0 amide bonds. The summed E-state index contributed by atoms with van der Waals surface area (Å²) >= 11 is 5.60. The Kier molecular flexibility index (Phi) is 4.84. The Bertz CT molecular complexity index is 679. The van der Waals surface area contributed by atoms with Crippen molar-refractivity contribution in [1.82, 2.24) is 20.2 Å². The molecule has 1 heterocycles. The zero-order valence-corrected chi connectivity index (χ0v) is 12.1. The fraction of sp³-hybridized carbons (Fsp3) is 0.143. The monoisotopic (exact) mass is 304 g/mol. The van der Waals surface area contributed by atoms with Crippen molar-refractivity contribution < 1.29 is 9.53 Å². The van der Waals surface area contributed by atoms with Crippen LogP contribution in [0.3, 0.4) is 0 Å². The Hall–Kier alpha value is -2.47. The second kappa shape index (κ2) is 6.81. The molecular weight excluding hydrogens is 292 g/mol. The molecule has 0 spiro atoms. The van der Waals surface area contributed by atoms with E-state index in [9.17, 15) is 4.79 Å². The molecule has 2 rings (SSSR count). The molecule has 0 unspecified atom stereocenters. The molecule has 0 aliphatic carbocycles. The summed E-state index contributed by atoms with van der Waals surface area (Å²) in [6, 6.07) is 9.32. The van der Waals surface area contributed by atoms with Crippen molar-refractivity contribution in [3.8, 4) is 0 Å². The summed E-state index contributed by atoms with van der Waals surface area (Å²) in [7, 11) is 0. The summed E-state index contributed by atoms with van der Waals surface area (Å²) in [4.78, 5) is 12.2. The largest absolute Gasteiger partial charge is 0.455 e. The van der Waals surface area contributed by atoms with Gasteiger partial charge >= 0.3 is 5.97 Å². The lowest BCUT2D eigenvalue weighted by Gasteiger charge is -2.08. The van der Waals surface area contributed by atoms with E-state index in [-0.39, 0.29) is 17.3 Å². The highest BCUT2D eigenvalue weighted by Crippen LogP contribution is 2.14. The first kappa shape index (κ1) is 14.9. The number of hydrogen-bond donors (Lipinski definition) is 0. The van der Waals surface area contributed by atoms with Gasteiger partial charge in [0.25, 0.3) is 0 Å². The van der Waals surface area contributed by atoms with Gasteiger partial charge in [-0.1, -0.05) is 48.5 Å². The molecule has 1 aromatic carbocycles. The first-order valence-corrected chi connectivity index (χ1v) is 6.48. The molecule has 2 aromatic rings. The standard InChI is InChI=1S/C14H13ClN4O2/c1-10(15)9-21-14(20)13(19-11(2)16-17-18-19)8-12-6-4-3-5-7-12/h3-8H,1,9H2,2H3/b13-8+. The Balaban J connectivity index is 2.36. The first-order valence-electron chi connectivity index (χ1n) is 6.10. The average molecular weight is 305 g/mol. The van der Waals surface area contributed by atoms with Crippen molar-refractivity contribution in [2.24, 2.45) is 0 Å². The van der Waals surface area contributed by atoms with Crippen LogP contribution in [-0.2, 0) is 9.53 Å². The van der Waals surface area contributed by atoms with Crippen molar-refractivity contribution in [3.05, 3.63) is 53.3 Å². The van der Waals surface area contributed by atoms with E-state index in [0.717, 1.165) is 5.56 Å². The van der Waals surface area contributed by atoms with E-state index < -0.39 is 5.97 Å². The molecule has 0 radical (unpaired) electrons. The van der Waals surface area contributed by atoms with Crippen LogP contribution in [0.1, 0.15) is 11.4 Å². The van der Waals surface area contributed by atoms with Crippen molar-refractivity contribution in [2.45, 2.75) is 6.92 Å². The summed E-state index contributed by atoms with van der Waals surface area (Å²) < 4.78 is 6.37. The number of aryl methyl sites for hydroxylation is 1. The number of halogens is 1. The molecule has 0 saturated heterocycles. The van der Waals surface area contributed by atoms with Gasteiger partial charge in [-0.25, -0.2) is 4.79 Å². The van der Waals surface area contributed by atoms with Crippen LogP contribution in [0.5, 0.6) is 0 Å². The number of carbonyl (C=O) groups excluding carboxylic acids is 1. The number of tetrazole rings is 1. The predicted octanol–water partition coefficient (Wildman–Crippen LogP) is 2.28. The van der Waals surface area contributed by atoms with E-state index in [1.54, 1.807) is 13.0 Å². The van der Waals surface area contributed by atoms with Crippen LogP contribution in [0.2, 0.25) is 0 Å². The summed E-state index contributed by atoms with van der Waals surface area (Å²) in [5.74, 6) is -0.116. The molecule has 6 nitrogen and oxygen atoms in total. The van der Waals surface area contributed by atoms with Crippen LogP contribution >= 0.6 is 11.6 Å². The van der Waals surface area contributed by atoms with Crippen molar-refractivity contribution in [1.29, 1.82) is 0 Å². The van der Waals surface area contributed by atoms with Gasteiger partial charge in [0.1, 0.15) is 6.61 Å². The normalized spacial score (nSPS) is 11.2. The van der Waals surface area contributed by atoms with E-state index in [1.165, 1.54) is 4.68 Å². The number of benzene rings is 1. The summed E-state index contributed by atoms with van der Waals surface area (Å²) in [6.07, 6.45) is 1.64. The molecule has 1 aromatic heterocycles. The zero-order valence-electron chi connectivity index (χ0n) is 11.4. The van der Waals surface area contributed by atoms with Gasteiger partial charge in [0.15, 0.2) is 11.5 Å². The minimum Gasteiger partial charge on any atom is -0.455 e. The molecule has 0 bridgehead atoms. The highest BCUT2D eigenvalue weighted by Gasteiger charge is 2.17. The third kappa shape index (κ3) is 4.00. The summed E-state index contributed by atoms with van der Waals surface area (Å²) in [5, 5.41) is 11.3. The molecule has 0 N–H and O–H groups in total. The number of esters is 1. The van der Waals surface area contributed by atoms with Crippen LogP contribution in [-0.4, -0.2) is 32.8 Å². The first-order chi connectivity index (χ1) is 10.1. The predicted molar refractivity (Wildman–Crippen MR) is 79.1 cm³/mol. The Labute approximate surface area is 126 Å². The summed E-state index contributed by atoms with van der Waals surface area (Å²) in [5.41, 5.74) is 1.02. The fourth-order valence-corrected chi connectivity index (χ4v) is 1.64. The van der Waals surface area contributed by atoms with Crippen LogP contribution in [0.4, 0.5) is 0 Å². The average Bonchev–Trinajstić information content (AvgIpc) is 2.89. The molecule has 108 valence electrons. The lowest BCUT2D eigenvalue weighted by molar-refractivity contribution is -0.136. The molecule has 0 aliphatic heterocycles. The van der Waals surface area contributed by atoms with Gasteiger partial charge in [-0.3, -0.25) is 0 Å². The zero-order chi connectivity index (χ0) is 15.2. The lowest BCUT2D eigenvalue weighted by atomic mass is 10.2. The van der Waals surface area contributed by atoms with Gasteiger partial charge < -0.3 is 4.74 Å². The third-order valence-corrected chi connectivity index (χ3v) is 2.63. The number of hydrogen-bond acceptors (Lipinski definition) is 5. The van der Waals surface area contributed by atoms with Gasteiger partial charge in [0, 0.05) is 5.03 Å². The smallest absolute Gasteiger partial charge is 0.357 e. The quantitative estimate of drug-likeness (QED) is 0.626. The lowest BCUT2D eigenvalue weighted by Crippen LogP contribution is -2.15. The van der Waals surface area contributed by atoms with Crippen molar-refractivity contribution in [3.63, 3.8) is 0 Å². The highest BCUT2D eigenvalue weighted by atomic mass is 35.5. The number of nitrogens with zero attached hydrogens (tertiary/aromatic N) is 4. The molecule has 21 heavy (non-hydrogen) atoms. The maximum atomic E-state index is 12.2. The van der Waals surface area contributed by atoms with E-state index in [2.05, 4.69) is 22.1 Å². The summed E-state index contributed by atoms with van der Waals surface area (Å²) in [6.45, 7) is 5.08. The van der Waals surface area contributed by atoms with Crippen LogP contribution in [0, 0.1) is 6.92 Å². The highest BCUT2D eigenvalue weighted by molar-refractivity contribution is 6.29. The van der Waals surface area contributed by atoms with Gasteiger partial charge in [-0.2, -0.15) is 4.68 Å². The molecule has 0 fully saturated rings. The van der Waals surface area contributed by atoms with Gasteiger partial charge in [0.2, 0.25) is 0 Å². The Morgan fingerprint density at radius 3 is 2.71 bits per heavy atom. The second-order valence-electron chi connectivity index (χ2n) is 4.17. The SMILES string of the molecule is C=C(Cl)COC(=O)/C(=C\c1ccccc1)n1nnnc1C. The van der Waals surface area contributed by atoms with Crippen LogP contribution in [0.15, 0.2) is 41.9 Å². The number of ether oxygens (including phenoxy) is 1. The van der Waals surface area contributed by atoms with Crippen molar-refractivity contribution >= 4 is 29.3 Å². The van der Waals surface area contributed by atoms with Crippen molar-refractivity contribution in [2.75, 3.05) is 6.61 Å².